The first kappa shape index (κ1) is 14.6. The van der Waals surface area contributed by atoms with Gasteiger partial charge >= 0.3 is 0 Å². The third-order valence-electron chi connectivity index (χ3n) is 4.34. The molecule has 1 aromatic rings. The number of piperidine rings is 1. The van der Waals surface area contributed by atoms with Gasteiger partial charge in [-0.3, -0.25) is 10.1 Å². The zero-order valence-corrected chi connectivity index (χ0v) is 12.7. The van der Waals surface area contributed by atoms with Gasteiger partial charge in [-0.15, -0.1) is 0 Å². The Hall–Kier alpha value is -1.33. The van der Waals surface area contributed by atoms with Gasteiger partial charge in [0.2, 0.25) is 0 Å². The van der Waals surface area contributed by atoms with Crippen LogP contribution in [0.1, 0.15) is 25.7 Å². The predicted octanol–water partition coefficient (Wildman–Crippen LogP) is 3.22. The summed E-state index contributed by atoms with van der Waals surface area (Å²) in [5, 5.41) is 15.2. The maximum absolute atomic E-state index is 11.3. The molecule has 1 saturated carbocycles. The first-order chi connectivity index (χ1) is 10.1. The maximum atomic E-state index is 11.3. The monoisotopic (exact) mass is 309 g/mol. The van der Waals surface area contributed by atoms with E-state index in [4.69, 9.17) is 11.6 Å². The summed E-state index contributed by atoms with van der Waals surface area (Å²) in [6.45, 7) is 2.98. The Bertz CT molecular complexity index is 528. The second kappa shape index (κ2) is 6.20. The number of nitrogens with one attached hydrogen (secondary N) is 1. The first-order valence-electron chi connectivity index (χ1n) is 7.56. The van der Waals surface area contributed by atoms with Crippen molar-refractivity contribution in [1.29, 1.82) is 0 Å². The van der Waals surface area contributed by atoms with Crippen molar-refractivity contribution in [3.63, 3.8) is 0 Å². The minimum absolute atomic E-state index is 0.167. The number of nitrogens with zero attached hydrogens (tertiary/aromatic N) is 2. The highest BCUT2D eigenvalue weighted by atomic mass is 35.5. The second-order valence-corrected chi connectivity index (χ2v) is 6.40. The van der Waals surface area contributed by atoms with Crippen LogP contribution in [-0.2, 0) is 0 Å². The molecular formula is C15H20ClN3O2. The van der Waals surface area contributed by atoms with Crippen molar-refractivity contribution in [3.05, 3.63) is 33.3 Å². The van der Waals surface area contributed by atoms with E-state index in [1.165, 1.54) is 6.07 Å². The van der Waals surface area contributed by atoms with E-state index in [0.29, 0.717) is 22.7 Å². The van der Waals surface area contributed by atoms with Gasteiger partial charge in [-0.2, -0.15) is 0 Å². The first-order valence-corrected chi connectivity index (χ1v) is 7.94. The zero-order chi connectivity index (χ0) is 14.8. The Labute approximate surface area is 129 Å². The molecule has 1 aromatic carbocycles. The van der Waals surface area contributed by atoms with Crippen LogP contribution in [0, 0.1) is 16.0 Å². The van der Waals surface area contributed by atoms with Crippen molar-refractivity contribution in [2.45, 2.75) is 31.7 Å². The minimum atomic E-state index is -0.302. The summed E-state index contributed by atoms with van der Waals surface area (Å²) < 4.78 is 0. The van der Waals surface area contributed by atoms with E-state index < -0.39 is 0 Å². The Kier molecular flexibility index (Phi) is 4.31. The summed E-state index contributed by atoms with van der Waals surface area (Å²) in [5.41, 5.74) is 0.855. The van der Waals surface area contributed by atoms with Gasteiger partial charge in [-0.05, 0) is 56.8 Å². The van der Waals surface area contributed by atoms with Crippen LogP contribution in [0.2, 0.25) is 5.02 Å². The standard InChI is InChI=1S/C15H20ClN3O2/c16-12-1-4-14(19(20)21)15(9-12)18(13-2-3-13)10-11-5-7-17-8-6-11/h1,4,9,11,13,17H,2-3,5-8,10H2. The van der Waals surface area contributed by atoms with Gasteiger partial charge in [0.05, 0.1) is 4.92 Å². The lowest BCUT2D eigenvalue weighted by Gasteiger charge is -2.31. The lowest BCUT2D eigenvalue weighted by Crippen LogP contribution is -2.37. The fourth-order valence-corrected chi connectivity index (χ4v) is 3.22. The smallest absolute Gasteiger partial charge is 0.292 e. The number of anilines is 1. The Morgan fingerprint density at radius 3 is 2.62 bits per heavy atom. The maximum Gasteiger partial charge on any atom is 0.292 e. The van der Waals surface area contributed by atoms with E-state index in [-0.39, 0.29) is 10.6 Å². The summed E-state index contributed by atoms with van der Waals surface area (Å²) in [6, 6.07) is 5.31. The zero-order valence-electron chi connectivity index (χ0n) is 11.9. The fraction of sp³-hybridized carbons (Fsp3) is 0.600. The molecule has 0 radical (unpaired) electrons. The van der Waals surface area contributed by atoms with Gasteiger partial charge in [0, 0.05) is 23.7 Å². The van der Waals surface area contributed by atoms with E-state index in [1.54, 1.807) is 12.1 Å². The molecule has 6 heteroatoms. The van der Waals surface area contributed by atoms with Crippen LogP contribution in [0.15, 0.2) is 18.2 Å². The molecule has 114 valence electrons. The highest BCUT2D eigenvalue weighted by molar-refractivity contribution is 6.31. The van der Waals surface area contributed by atoms with Gasteiger partial charge < -0.3 is 10.2 Å². The fourth-order valence-electron chi connectivity index (χ4n) is 3.05. The van der Waals surface area contributed by atoms with Crippen LogP contribution in [0.25, 0.3) is 0 Å². The quantitative estimate of drug-likeness (QED) is 0.670. The molecule has 1 aliphatic carbocycles. The topological polar surface area (TPSA) is 58.4 Å². The van der Waals surface area contributed by atoms with Gasteiger partial charge in [0.25, 0.3) is 5.69 Å². The molecule has 21 heavy (non-hydrogen) atoms. The number of rotatable bonds is 5. The molecule has 5 nitrogen and oxygen atoms in total. The average Bonchev–Trinajstić information content (AvgIpc) is 3.30. The SMILES string of the molecule is O=[N+]([O-])c1ccc(Cl)cc1N(CC1CCNCC1)C1CC1. The predicted molar refractivity (Wildman–Crippen MR) is 84.1 cm³/mol. The second-order valence-electron chi connectivity index (χ2n) is 5.97. The number of hydrogen-bond donors (Lipinski definition) is 1. The van der Waals surface area contributed by atoms with E-state index in [2.05, 4.69) is 10.2 Å². The Balaban J connectivity index is 1.86. The highest BCUT2D eigenvalue weighted by Crippen LogP contribution is 2.39. The van der Waals surface area contributed by atoms with Gasteiger partial charge in [-0.25, -0.2) is 0 Å². The molecule has 1 N–H and O–H groups in total. The number of nitro groups is 1. The third kappa shape index (κ3) is 3.47. The van der Waals surface area contributed by atoms with Gasteiger partial charge in [-0.1, -0.05) is 11.6 Å². The van der Waals surface area contributed by atoms with Crippen LogP contribution in [0.3, 0.4) is 0 Å². The average molecular weight is 310 g/mol. The van der Waals surface area contributed by atoms with Crippen LogP contribution >= 0.6 is 11.6 Å². The summed E-state index contributed by atoms with van der Waals surface area (Å²) in [6.07, 6.45) is 4.51. The van der Waals surface area contributed by atoms with Gasteiger partial charge in [0.15, 0.2) is 0 Å². The molecule has 0 bridgehead atoms. The molecule has 0 aromatic heterocycles. The lowest BCUT2D eigenvalue weighted by atomic mass is 9.97. The summed E-state index contributed by atoms with van der Waals surface area (Å²) >= 11 is 6.07. The molecule has 0 unspecified atom stereocenters. The van der Waals surface area contributed by atoms with Crippen LogP contribution in [0.5, 0.6) is 0 Å². The van der Waals surface area contributed by atoms with Crippen LogP contribution in [0.4, 0.5) is 11.4 Å². The van der Waals surface area contributed by atoms with Crippen molar-refractivity contribution >= 4 is 23.0 Å². The summed E-state index contributed by atoms with van der Waals surface area (Å²) in [7, 11) is 0. The molecule has 3 rings (SSSR count). The molecule has 2 aliphatic rings. The molecule has 2 fully saturated rings. The summed E-state index contributed by atoms with van der Waals surface area (Å²) in [5.74, 6) is 0.602. The number of hydrogen-bond acceptors (Lipinski definition) is 4. The van der Waals surface area contributed by atoms with Crippen molar-refractivity contribution < 1.29 is 4.92 Å². The molecule has 1 heterocycles. The molecule has 0 atom stereocenters. The number of nitro benzene ring substituents is 1. The normalized spacial score (nSPS) is 19.5. The van der Waals surface area contributed by atoms with Crippen molar-refractivity contribution in [2.75, 3.05) is 24.5 Å². The molecule has 0 amide bonds. The van der Waals surface area contributed by atoms with E-state index in [0.717, 1.165) is 45.3 Å². The molecule has 1 saturated heterocycles. The van der Waals surface area contributed by atoms with Crippen LogP contribution < -0.4 is 10.2 Å². The van der Waals surface area contributed by atoms with E-state index >= 15 is 0 Å². The highest BCUT2D eigenvalue weighted by Gasteiger charge is 2.34. The summed E-state index contributed by atoms with van der Waals surface area (Å²) in [4.78, 5) is 13.2. The number of benzene rings is 1. The third-order valence-corrected chi connectivity index (χ3v) is 4.58. The van der Waals surface area contributed by atoms with E-state index in [1.807, 2.05) is 0 Å². The van der Waals surface area contributed by atoms with Gasteiger partial charge in [0.1, 0.15) is 5.69 Å². The molecule has 1 aliphatic heterocycles. The van der Waals surface area contributed by atoms with E-state index in [9.17, 15) is 10.1 Å². The minimum Gasteiger partial charge on any atom is -0.363 e. The van der Waals surface area contributed by atoms with Crippen molar-refractivity contribution in [2.24, 2.45) is 5.92 Å². The largest absolute Gasteiger partial charge is 0.363 e. The lowest BCUT2D eigenvalue weighted by molar-refractivity contribution is -0.384. The molecular weight excluding hydrogens is 290 g/mol. The molecule has 0 spiro atoms. The van der Waals surface area contributed by atoms with Crippen LogP contribution in [-0.4, -0.2) is 30.6 Å². The Morgan fingerprint density at radius 2 is 2.00 bits per heavy atom. The number of halogens is 1. The van der Waals surface area contributed by atoms with Crippen molar-refractivity contribution in [1.82, 2.24) is 5.32 Å². The van der Waals surface area contributed by atoms with Crippen molar-refractivity contribution in [3.8, 4) is 0 Å². The Morgan fingerprint density at radius 1 is 1.29 bits per heavy atom.